The van der Waals surface area contributed by atoms with Crippen molar-refractivity contribution in [3.05, 3.63) is 53.4 Å². The lowest BCUT2D eigenvalue weighted by atomic mass is 10.2. The van der Waals surface area contributed by atoms with Crippen molar-refractivity contribution in [3.8, 4) is 5.75 Å². The first-order chi connectivity index (χ1) is 15.9. The Morgan fingerprint density at radius 1 is 1.27 bits per heavy atom. The van der Waals surface area contributed by atoms with Gasteiger partial charge in [-0.25, -0.2) is 14.4 Å². The Morgan fingerprint density at radius 3 is 2.76 bits per heavy atom. The second-order valence-corrected chi connectivity index (χ2v) is 8.05. The SMILES string of the molecule is C=N/C(=C\C(=N/COc1cc(F)c2[nH]c(C)cc2c1)N1CCN(C)CC1)Nc1cc(C)no1. The van der Waals surface area contributed by atoms with Crippen LogP contribution in [0.5, 0.6) is 5.75 Å². The largest absolute Gasteiger partial charge is 0.471 e. The van der Waals surface area contributed by atoms with Gasteiger partial charge in [0.15, 0.2) is 12.5 Å². The van der Waals surface area contributed by atoms with Crippen LogP contribution < -0.4 is 10.1 Å². The predicted octanol–water partition coefficient (Wildman–Crippen LogP) is 3.55. The molecule has 1 aromatic carbocycles. The maximum Gasteiger partial charge on any atom is 0.230 e. The molecule has 10 heteroatoms. The zero-order chi connectivity index (χ0) is 23.4. The van der Waals surface area contributed by atoms with Crippen molar-refractivity contribution in [2.45, 2.75) is 13.8 Å². The van der Waals surface area contributed by atoms with E-state index in [4.69, 9.17) is 9.26 Å². The van der Waals surface area contributed by atoms with E-state index in [0.29, 0.717) is 28.8 Å². The van der Waals surface area contributed by atoms with E-state index in [9.17, 15) is 4.39 Å². The number of rotatable bonds is 7. The van der Waals surface area contributed by atoms with Gasteiger partial charge in [-0.05, 0) is 39.7 Å². The minimum Gasteiger partial charge on any atom is -0.471 e. The van der Waals surface area contributed by atoms with Crippen LogP contribution in [-0.4, -0.2) is 72.5 Å². The summed E-state index contributed by atoms with van der Waals surface area (Å²) in [5.74, 6) is 1.68. The number of benzene rings is 1. The van der Waals surface area contributed by atoms with Gasteiger partial charge in [-0.15, -0.1) is 0 Å². The van der Waals surface area contributed by atoms with E-state index in [1.165, 1.54) is 6.07 Å². The predicted molar refractivity (Wildman–Crippen MR) is 127 cm³/mol. The maximum absolute atomic E-state index is 14.4. The van der Waals surface area contributed by atoms with E-state index in [2.05, 4.69) is 49.0 Å². The van der Waals surface area contributed by atoms with E-state index in [-0.39, 0.29) is 12.5 Å². The highest BCUT2D eigenvalue weighted by Crippen LogP contribution is 2.25. The smallest absolute Gasteiger partial charge is 0.230 e. The molecule has 1 saturated heterocycles. The molecule has 4 rings (SSSR count). The van der Waals surface area contributed by atoms with Gasteiger partial charge in [0.05, 0.1) is 11.2 Å². The third-order valence-electron chi connectivity index (χ3n) is 5.39. The molecule has 0 unspecified atom stereocenters. The molecule has 0 atom stereocenters. The lowest BCUT2D eigenvalue weighted by molar-refractivity contribution is 0.214. The molecule has 1 aliphatic heterocycles. The Labute approximate surface area is 191 Å². The number of likely N-dealkylation sites (N-methyl/N-ethyl adjacent to an activating group) is 1. The van der Waals surface area contributed by atoms with E-state index >= 15 is 0 Å². The molecule has 0 spiro atoms. The van der Waals surface area contributed by atoms with Gasteiger partial charge in [0, 0.05) is 55.5 Å². The summed E-state index contributed by atoms with van der Waals surface area (Å²) < 4.78 is 25.4. The van der Waals surface area contributed by atoms with E-state index in [1.54, 1.807) is 18.2 Å². The molecule has 0 bridgehead atoms. The highest BCUT2D eigenvalue weighted by molar-refractivity contribution is 5.94. The van der Waals surface area contributed by atoms with Gasteiger partial charge < -0.3 is 29.4 Å². The minimum atomic E-state index is -0.358. The third kappa shape index (κ3) is 5.58. The summed E-state index contributed by atoms with van der Waals surface area (Å²) in [5, 5.41) is 7.69. The number of ether oxygens (including phenoxy) is 1. The molecule has 0 saturated carbocycles. The Bertz CT molecular complexity index is 1190. The fraction of sp³-hybridized carbons (Fsp3) is 0.348. The number of anilines is 1. The monoisotopic (exact) mass is 453 g/mol. The second-order valence-electron chi connectivity index (χ2n) is 8.05. The van der Waals surface area contributed by atoms with Crippen molar-refractivity contribution < 1.29 is 13.7 Å². The molecule has 2 aromatic heterocycles. The van der Waals surface area contributed by atoms with Gasteiger partial charge in [0.2, 0.25) is 5.88 Å². The molecule has 3 aromatic rings. The minimum absolute atomic E-state index is 0.0262. The molecular formula is C23H28FN7O2. The van der Waals surface area contributed by atoms with Crippen molar-refractivity contribution in [2.24, 2.45) is 9.98 Å². The van der Waals surface area contributed by atoms with Gasteiger partial charge in [-0.1, -0.05) is 5.16 Å². The van der Waals surface area contributed by atoms with Gasteiger partial charge in [0.25, 0.3) is 0 Å². The Kier molecular flexibility index (Phi) is 6.74. The number of hydrogen-bond acceptors (Lipinski definition) is 7. The van der Waals surface area contributed by atoms with E-state index in [0.717, 1.165) is 43.0 Å². The number of nitrogens with one attached hydrogen (secondary N) is 2. The van der Waals surface area contributed by atoms with Crippen LogP contribution in [0.4, 0.5) is 10.3 Å². The first kappa shape index (κ1) is 22.5. The van der Waals surface area contributed by atoms with E-state index in [1.807, 2.05) is 19.9 Å². The van der Waals surface area contributed by atoms with Crippen LogP contribution in [0.15, 0.2) is 50.7 Å². The summed E-state index contributed by atoms with van der Waals surface area (Å²) in [7, 11) is 2.09. The van der Waals surface area contributed by atoms with E-state index < -0.39 is 0 Å². The highest BCUT2D eigenvalue weighted by atomic mass is 19.1. The van der Waals surface area contributed by atoms with Gasteiger partial charge in [0.1, 0.15) is 17.4 Å². The van der Waals surface area contributed by atoms with Crippen molar-refractivity contribution in [1.29, 1.82) is 0 Å². The van der Waals surface area contributed by atoms with Crippen molar-refractivity contribution >= 4 is 29.3 Å². The summed E-state index contributed by atoms with van der Waals surface area (Å²) in [4.78, 5) is 16.1. The normalized spacial score (nSPS) is 15.8. The molecule has 0 aliphatic carbocycles. The number of H-pyrrole nitrogens is 1. The average Bonchev–Trinajstić information content (AvgIpc) is 3.37. The molecule has 33 heavy (non-hydrogen) atoms. The zero-order valence-electron chi connectivity index (χ0n) is 19.1. The van der Waals surface area contributed by atoms with Crippen LogP contribution in [0, 0.1) is 19.7 Å². The number of piperazine rings is 1. The van der Waals surface area contributed by atoms with Crippen LogP contribution in [-0.2, 0) is 0 Å². The van der Waals surface area contributed by atoms with Crippen molar-refractivity contribution in [3.63, 3.8) is 0 Å². The molecule has 9 nitrogen and oxygen atoms in total. The summed E-state index contributed by atoms with van der Waals surface area (Å²) in [6, 6.07) is 6.81. The standard InChI is InChI=1S/C23H28FN7O2/c1-15-9-17-11-18(12-19(24)23(17)27-15)32-14-26-21(31-7-5-30(4)6-8-31)13-20(25-3)28-22-10-16(2)29-33-22/h9-13,27-28H,3,5-8,14H2,1-2,4H3/b20-13+,26-21+. The Morgan fingerprint density at radius 2 is 2.06 bits per heavy atom. The van der Waals surface area contributed by atoms with Crippen LogP contribution in [0.25, 0.3) is 10.9 Å². The first-order valence-electron chi connectivity index (χ1n) is 10.7. The fourth-order valence-corrected chi connectivity index (χ4v) is 3.64. The summed E-state index contributed by atoms with van der Waals surface area (Å²) in [6.45, 7) is 10.8. The number of nitrogens with zero attached hydrogens (tertiary/aromatic N) is 5. The van der Waals surface area contributed by atoms with Crippen LogP contribution in [0.2, 0.25) is 0 Å². The molecule has 0 radical (unpaired) electrons. The summed E-state index contributed by atoms with van der Waals surface area (Å²) >= 11 is 0. The van der Waals surface area contributed by atoms with Crippen LogP contribution >= 0.6 is 0 Å². The maximum atomic E-state index is 14.4. The number of aromatic nitrogens is 2. The fourth-order valence-electron chi connectivity index (χ4n) is 3.64. The Balaban J connectivity index is 1.54. The number of aliphatic imine (C=N–C) groups is 2. The van der Waals surface area contributed by atoms with Crippen LogP contribution in [0.3, 0.4) is 0 Å². The van der Waals surface area contributed by atoms with Crippen molar-refractivity contribution in [2.75, 3.05) is 45.3 Å². The zero-order valence-corrected chi connectivity index (χ0v) is 19.1. The lowest BCUT2D eigenvalue weighted by Crippen LogP contribution is -2.47. The lowest BCUT2D eigenvalue weighted by Gasteiger charge is -2.33. The average molecular weight is 454 g/mol. The molecular weight excluding hydrogens is 425 g/mol. The quantitative estimate of drug-likeness (QED) is 0.420. The third-order valence-corrected chi connectivity index (χ3v) is 5.39. The number of aromatic amines is 1. The van der Waals surface area contributed by atoms with Gasteiger partial charge in [-0.3, -0.25) is 0 Å². The first-order valence-corrected chi connectivity index (χ1v) is 10.7. The van der Waals surface area contributed by atoms with Gasteiger partial charge >= 0.3 is 0 Å². The molecule has 2 N–H and O–H groups in total. The second kappa shape index (κ2) is 9.86. The summed E-state index contributed by atoms with van der Waals surface area (Å²) in [6.07, 6.45) is 1.79. The highest BCUT2D eigenvalue weighted by Gasteiger charge is 2.17. The molecule has 1 fully saturated rings. The number of hydrogen-bond donors (Lipinski definition) is 2. The van der Waals surface area contributed by atoms with Gasteiger partial charge in [-0.2, -0.15) is 0 Å². The number of amidine groups is 1. The molecule has 0 amide bonds. The molecule has 174 valence electrons. The Hall–Kier alpha value is -3.66. The van der Waals surface area contributed by atoms with Crippen molar-refractivity contribution in [1.82, 2.24) is 19.9 Å². The number of halogens is 1. The molecule has 1 aliphatic rings. The number of aryl methyl sites for hydroxylation is 2. The molecule has 3 heterocycles. The van der Waals surface area contributed by atoms with Crippen LogP contribution in [0.1, 0.15) is 11.4 Å². The number of fused-ring (bicyclic) bond motifs is 1. The summed E-state index contributed by atoms with van der Waals surface area (Å²) in [5.41, 5.74) is 2.12. The topological polar surface area (TPSA) is 94.3 Å².